The van der Waals surface area contributed by atoms with Gasteiger partial charge >= 0.3 is 0 Å². The summed E-state index contributed by atoms with van der Waals surface area (Å²) >= 11 is 0. The van der Waals surface area contributed by atoms with Crippen LogP contribution in [0, 0.1) is 11.8 Å². The Morgan fingerprint density at radius 1 is 1.41 bits per heavy atom. The first-order chi connectivity index (χ1) is 8.19. The second-order valence-corrected chi connectivity index (χ2v) is 3.94. The molecular weight excluding hydrogens is 214 g/mol. The highest BCUT2D eigenvalue weighted by atomic mass is 16.2. The lowest BCUT2D eigenvalue weighted by Gasteiger charge is -2.15. The van der Waals surface area contributed by atoms with E-state index in [1.807, 2.05) is 30.3 Å². The van der Waals surface area contributed by atoms with Gasteiger partial charge in [-0.1, -0.05) is 43.3 Å². The van der Waals surface area contributed by atoms with Gasteiger partial charge in [-0.25, -0.2) is 0 Å². The van der Waals surface area contributed by atoms with Crippen molar-refractivity contribution in [2.75, 3.05) is 0 Å². The van der Waals surface area contributed by atoms with Crippen molar-refractivity contribution in [3.8, 4) is 0 Å². The summed E-state index contributed by atoms with van der Waals surface area (Å²) in [6.45, 7) is 5.74. The molecule has 1 N–H and O–H groups in total. The van der Waals surface area contributed by atoms with Crippen LogP contribution in [0.3, 0.4) is 0 Å². The first kappa shape index (κ1) is 13.2. The molecule has 0 saturated heterocycles. The highest BCUT2D eigenvalue weighted by Gasteiger charge is 2.20. The van der Waals surface area contributed by atoms with Crippen molar-refractivity contribution in [3.05, 3.63) is 48.6 Å². The number of carbonyl (C=O) groups is 2. The van der Waals surface area contributed by atoms with Crippen molar-refractivity contribution in [1.29, 1.82) is 0 Å². The van der Waals surface area contributed by atoms with Gasteiger partial charge in [0, 0.05) is 18.4 Å². The van der Waals surface area contributed by atoms with E-state index in [1.54, 1.807) is 6.92 Å². The third-order valence-electron chi connectivity index (χ3n) is 2.73. The molecule has 0 heterocycles. The Kier molecular flexibility index (Phi) is 5.14. The van der Waals surface area contributed by atoms with E-state index in [2.05, 4.69) is 11.9 Å². The fourth-order valence-corrected chi connectivity index (χ4v) is 1.50. The van der Waals surface area contributed by atoms with Crippen LogP contribution in [-0.2, 0) is 16.1 Å². The Bertz CT molecular complexity index is 378. The Hall–Kier alpha value is -1.90. The maximum atomic E-state index is 11.8. The molecule has 1 aromatic rings. The molecule has 17 heavy (non-hydrogen) atoms. The van der Waals surface area contributed by atoms with E-state index in [9.17, 15) is 9.59 Å². The standard InChI is InChI=1S/C14H17NO2/c1-3-13(10-16)11(2)14(17)15-9-12-7-5-4-6-8-12/h3-8,10-11,13H,1,9H2,2H3,(H,15,17). The lowest BCUT2D eigenvalue weighted by Crippen LogP contribution is -2.32. The zero-order valence-corrected chi connectivity index (χ0v) is 9.93. The number of hydrogen-bond donors (Lipinski definition) is 1. The number of amides is 1. The Morgan fingerprint density at radius 2 is 2.06 bits per heavy atom. The van der Waals surface area contributed by atoms with Crippen molar-refractivity contribution in [2.45, 2.75) is 13.5 Å². The van der Waals surface area contributed by atoms with E-state index in [-0.39, 0.29) is 11.8 Å². The number of allylic oxidation sites excluding steroid dienone is 1. The van der Waals surface area contributed by atoms with E-state index in [0.29, 0.717) is 6.54 Å². The van der Waals surface area contributed by atoms with E-state index in [4.69, 9.17) is 0 Å². The number of benzene rings is 1. The largest absolute Gasteiger partial charge is 0.352 e. The molecule has 0 radical (unpaired) electrons. The average Bonchev–Trinajstić information content (AvgIpc) is 2.38. The minimum atomic E-state index is -0.425. The lowest BCUT2D eigenvalue weighted by atomic mass is 9.95. The van der Waals surface area contributed by atoms with Crippen LogP contribution < -0.4 is 5.32 Å². The van der Waals surface area contributed by atoms with Crippen LogP contribution in [-0.4, -0.2) is 12.2 Å². The van der Waals surface area contributed by atoms with Crippen molar-refractivity contribution in [2.24, 2.45) is 11.8 Å². The second-order valence-electron chi connectivity index (χ2n) is 3.94. The van der Waals surface area contributed by atoms with E-state index in [1.165, 1.54) is 6.08 Å². The van der Waals surface area contributed by atoms with Crippen LogP contribution in [0.1, 0.15) is 12.5 Å². The number of rotatable bonds is 6. The maximum Gasteiger partial charge on any atom is 0.224 e. The van der Waals surface area contributed by atoms with Gasteiger partial charge in [0.25, 0.3) is 0 Å². The summed E-state index contributed by atoms with van der Waals surface area (Å²) in [5, 5.41) is 2.80. The molecule has 1 rings (SSSR count). The van der Waals surface area contributed by atoms with Gasteiger partial charge in [0.1, 0.15) is 6.29 Å². The topological polar surface area (TPSA) is 46.2 Å². The fourth-order valence-electron chi connectivity index (χ4n) is 1.50. The predicted molar refractivity (Wildman–Crippen MR) is 67.2 cm³/mol. The van der Waals surface area contributed by atoms with Gasteiger partial charge in [0.05, 0.1) is 0 Å². The number of hydrogen-bond acceptors (Lipinski definition) is 2. The van der Waals surface area contributed by atoms with Gasteiger partial charge in [-0.2, -0.15) is 0 Å². The van der Waals surface area contributed by atoms with Crippen LogP contribution in [0.5, 0.6) is 0 Å². The van der Waals surface area contributed by atoms with Gasteiger partial charge in [0.2, 0.25) is 5.91 Å². The third-order valence-corrected chi connectivity index (χ3v) is 2.73. The summed E-state index contributed by atoms with van der Waals surface area (Å²) in [7, 11) is 0. The molecule has 3 nitrogen and oxygen atoms in total. The smallest absolute Gasteiger partial charge is 0.224 e. The van der Waals surface area contributed by atoms with Gasteiger partial charge in [-0.3, -0.25) is 4.79 Å². The average molecular weight is 231 g/mol. The number of aldehydes is 1. The lowest BCUT2D eigenvalue weighted by molar-refractivity contribution is -0.128. The minimum absolute atomic E-state index is 0.133. The second kappa shape index (κ2) is 6.63. The SMILES string of the molecule is C=CC(C=O)C(C)C(=O)NCc1ccccc1. The molecule has 0 spiro atoms. The fraction of sp³-hybridized carbons (Fsp3) is 0.286. The zero-order valence-electron chi connectivity index (χ0n) is 9.93. The molecule has 3 heteroatoms. The maximum absolute atomic E-state index is 11.8. The van der Waals surface area contributed by atoms with Gasteiger partial charge in [-0.15, -0.1) is 6.58 Å². The molecule has 0 fully saturated rings. The van der Waals surface area contributed by atoms with Crippen molar-refractivity contribution in [3.63, 3.8) is 0 Å². The Labute approximate surface area is 102 Å². The molecule has 0 bridgehead atoms. The molecule has 1 amide bonds. The van der Waals surface area contributed by atoms with E-state index >= 15 is 0 Å². The quantitative estimate of drug-likeness (QED) is 0.600. The predicted octanol–water partition coefficient (Wildman–Crippen LogP) is 1.94. The molecule has 90 valence electrons. The van der Waals surface area contributed by atoms with Crippen molar-refractivity contribution < 1.29 is 9.59 Å². The van der Waals surface area contributed by atoms with Gasteiger partial charge in [-0.05, 0) is 5.56 Å². The highest BCUT2D eigenvalue weighted by Crippen LogP contribution is 2.10. The monoisotopic (exact) mass is 231 g/mol. The molecule has 2 unspecified atom stereocenters. The first-order valence-electron chi connectivity index (χ1n) is 5.58. The molecule has 0 aliphatic rings. The minimum Gasteiger partial charge on any atom is -0.352 e. The summed E-state index contributed by atoms with van der Waals surface area (Å²) < 4.78 is 0. The Balaban J connectivity index is 2.49. The third kappa shape index (κ3) is 3.87. The molecule has 0 saturated carbocycles. The zero-order chi connectivity index (χ0) is 12.7. The van der Waals surface area contributed by atoms with Crippen molar-refractivity contribution >= 4 is 12.2 Å². The van der Waals surface area contributed by atoms with Crippen LogP contribution in [0.2, 0.25) is 0 Å². The normalized spacial score (nSPS) is 13.5. The van der Waals surface area contributed by atoms with Crippen LogP contribution in [0.4, 0.5) is 0 Å². The van der Waals surface area contributed by atoms with E-state index in [0.717, 1.165) is 11.8 Å². The van der Waals surface area contributed by atoms with E-state index < -0.39 is 5.92 Å². The molecule has 0 aliphatic carbocycles. The van der Waals surface area contributed by atoms with Crippen LogP contribution in [0.25, 0.3) is 0 Å². The highest BCUT2D eigenvalue weighted by molar-refractivity contribution is 5.82. The van der Waals surface area contributed by atoms with Gasteiger partial charge in [0.15, 0.2) is 0 Å². The molecule has 1 aromatic carbocycles. The summed E-state index contributed by atoms with van der Waals surface area (Å²) in [4.78, 5) is 22.5. The molecule has 0 aromatic heterocycles. The van der Waals surface area contributed by atoms with Crippen LogP contribution in [0.15, 0.2) is 43.0 Å². The number of nitrogens with one attached hydrogen (secondary N) is 1. The first-order valence-corrected chi connectivity index (χ1v) is 5.58. The summed E-state index contributed by atoms with van der Waals surface area (Å²) in [5.74, 6) is -0.940. The summed E-state index contributed by atoms with van der Waals surface area (Å²) in [5.41, 5.74) is 1.04. The Morgan fingerprint density at radius 3 is 2.59 bits per heavy atom. The molecular formula is C14H17NO2. The molecule has 0 aliphatic heterocycles. The number of carbonyl (C=O) groups excluding carboxylic acids is 2. The van der Waals surface area contributed by atoms with Gasteiger partial charge < -0.3 is 10.1 Å². The van der Waals surface area contributed by atoms with Crippen LogP contribution >= 0.6 is 0 Å². The molecule has 2 atom stereocenters. The summed E-state index contributed by atoms with van der Waals surface area (Å²) in [6, 6.07) is 9.64. The summed E-state index contributed by atoms with van der Waals surface area (Å²) in [6.07, 6.45) is 2.25. The van der Waals surface area contributed by atoms with Crippen molar-refractivity contribution in [1.82, 2.24) is 5.32 Å².